The van der Waals surface area contributed by atoms with Gasteiger partial charge in [-0.25, -0.2) is 4.79 Å². The molecule has 1 aromatic heterocycles. The first-order valence-electron chi connectivity index (χ1n) is 10.9. The number of amides is 3. The number of carbonyl (C=O) groups excluding carboxylic acids is 2. The van der Waals surface area contributed by atoms with E-state index in [1.54, 1.807) is 9.80 Å². The Morgan fingerprint density at radius 3 is 2.12 bits per heavy atom. The summed E-state index contributed by atoms with van der Waals surface area (Å²) in [7, 11) is 0. The molecule has 3 amide bonds. The van der Waals surface area contributed by atoms with Gasteiger partial charge in [-0.15, -0.1) is 0 Å². The van der Waals surface area contributed by atoms with Crippen molar-refractivity contribution >= 4 is 17.6 Å². The highest BCUT2D eigenvalue weighted by Crippen LogP contribution is 2.15. The van der Waals surface area contributed by atoms with Crippen LogP contribution in [0.3, 0.4) is 0 Å². The van der Waals surface area contributed by atoms with Crippen molar-refractivity contribution in [2.75, 3.05) is 18.4 Å². The molecule has 0 aliphatic rings. The summed E-state index contributed by atoms with van der Waals surface area (Å²) in [5, 5.41) is 2.89. The van der Waals surface area contributed by atoms with Crippen molar-refractivity contribution in [1.82, 2.24) is 9.80 Å². The Kier molecular flexibility index (Phi) is 8.08. The van der Waals surface area contributed by atoms with Gasteiger partial charge in [-0.3, -0.25) is 4.79 Å². The van der Waals surface area contributed by atoms with Crippen LogP contribution in [0.5, 0.6) is 0 Å². The number of aryl methyl sites for hydroxylation is 1. The van der Waals surface area contributed by atoms with Gasteiger partial charge in [-0.1, -0.05) is 62.4 Å². The van der Waals surface area contributed by atoms with E-state index in [1.807, 2.05) is 93.6 Å². The van der Waals surface area contributed by atoms with Crippen molar-refractivity contribution in [2.24, 2.45) is 5.92 Å². The summed E-state index contributed by atoms with van der Waals surface area (Å²) in [4.78, 5) is 29.6. The predicted octanol–water partition coefficient (Wildman–Crippen LogP) is 5.31. The fourth-order valence-electron chi connectivity index (χ4n) is 3.44. The van der Waals surface area contributed by atoms with Crippen LogP contribution in [0.15, 0.2) is 77.2 Å². The van der Waals surface area contributed by atoms with Crippen LogP contribution in [-0.2, 0) is 17.9 Å². The zero-order chi connectivity index (χ0) is 22.9. The van der Waals surface area contributed by atoms with Gasteiger partial charge in [-0.2, -0.15) is 0 Å². The fraction of sp³-hybridized carbons (Fsp3) is 0.308. The molecule has 32 heavy (non-hydrogen) atoms. The van der Waals surface area contributed by atoms with Crippen LogP contribution in [0.4, 0.5) is 10.5 Å². The molecule has 0 unspecified atom stereocenters. The van der Waals surface area contributed by atoms with Crippen LogP contribution in [0.1, 0.15) is 30.9 Å². The molecule has 0 spiro atoms. The molecule has 0 aliphatic heterocycles. The number of rotatable bonds is 9. The van der Waals surface area contributed by atoms with Crippen molar-refractivity contribution < 1.29 is 14.0 Å². The molecule has 0 aliphatic carbocycles. The topological polar surface area (TPSA) is 65.8 Å². The van der Waals surface area contributed by atoms with Gasteiger partial charge in [0.05, 0.1) is 6.54 Å². The quantitative estimate of drug-likeness (QED) is 0.497. The summed E-state index contributed by atoms with van der Waals surface area (Å²) in [5.41, 5.74) is 1.72. The van der Waals surface area contributed by atoms with Crippen LogP contribution in [-0.4, -0.2) is 34.8 Å². The lowest BCUT2D eigenvalue weighted by Crippen LogP contribution is -2.45. The number of urea groups is 1. The van der Waals surface area contributed by atoms with Crippen LogP contribution in [0.25, 0.3) is 0 Å². The van der Waals surface area contributed by atoms with Crippen LogP contribution < -0.4 is 5.32 Å². The molecule has 0 fully saturated rings. The Bertz CT molecular complexity index is 999. The van der Waals surface area contributed by atoms with Gasteiger partial charge < -0.3 is 19.5 Å². The number of hydrogen-bond acceptors (Lipinski definition) is 3. The zero-order valence-electron chi connectivity index (χ0n) is 19.0. The Balaban J connectivity index is 1.75. The third-order valence-corrected chi connectivity index (χ3v) is 4.94. The third kappa shape index (κ3) is 7.01. The molecule has 2 aromatic carbocycles. The van der Waals surface area contributed by atoms with E-state index >= 15 is 0 Å². The second-order valence-electron chi connectivity index (χ2n) is 8.32. The summed E-state index contributed by atoms with van der Waals surface area (Å²) in [6.07, 6.45) is 0. The van der Waals surface area contributed by atoms with Crippen molar-refractivity contribution in [3.63, 3.8) is 0 Å². The van der Waals surface area contributed by atoms with Gasteiger partial charge >= 0.3 is 6.03 Å². The van der Waals surface area contributed by atoms with E-state index < -0.39 is 0 Å². The molecule has 0 saturated heterocycles. The van der Waals surface area contributed by atoms with Crippen molar-refractivity contribution in [3.8, 4) is 0 Å². The number of nitrogens with one attached hydrogen (secondary N) is 1. The molecular formula is C26H31N3O3. The fourth-order valence-corrected chi connectivity index (χ4v) is 3.44. The molecule has 1 N–H and O–H groups in total. The lowest BCUT2D eigenvalue weighted by molar-refractivity contribution is -0.133. The van der Waals surface area contributed by atoms with E-state index in [1.165, 1.54) is 0 Å². The van der Waals surface area contributed by atoms with Gasteiger partial charge in [0.2, 0.25) is 5.91 Å². The van der Waals surface area contributed by atoms with Crippen molar-refractivity contribution in [3.05, 3.63) is 89.9 Å². The number of furan rings is 1. The summed E-state index contributed by atoms with van der Waals surface area (Å²) in [5.74, 6) is 1.61. The minimum atomic E-state index is -0.285. The molecule has 3 rings (SSSR count). The summed E-state index contributed by atoms with van der Waals surface area (Å²) in [6.45, 7) is 7.19. The zero-order valence-corrected chi connectivity index (χ0v) is 19.0. The second-order valence-corrected chi connectivity index (χ2v) is 8.32. The first-order valence-corrected chi connectivity index (χ1v) is 10.9. The number of para-hydroxylation sites is 1. The lowest BCUT2D eigenvalue weighted by atomic mass is 10.2. The molecule has 0 radical (unpaired) electrons. The second kappa shape index (κ2) is 11.2. The first-order chi connectivity index (χ1) is 15.4. The van der Waals surface area contributed by atoms with E-state index in [0.717, 1.165) is 17.1 Å². The number of benzene rings is 2. The number of nitrogens with zero attached hydrogens (tertiary/aromatic N) is 2. The summed E-state index contributed by atoms with van der Waals surface area (Å²) < 4.78 is 5.71. The monoisotopic (exact) mass is 433 g/mol. The van der Waals surface area contributed by atoms with E-state index in [-0.39, 0.29) is 24.4 Å². The molecule has 168 valence electrons. The predicted molar refractivity (Wildman–Crippen MR) is 126 cm³/mol. The Labute approximate surface area is 189 Å². The molecular weight excluding hydrogens is 402 g/mol. The maximum Gasteiger partial charge on any atom is 0.322 e. The minimum absolute atomic E-state index is 0.0105. The van der Waals surface area contributed by atoms with Gasteiger partial charge in [0.15, 0.2) is 0 Å². The van der Waals surface area contributed by atoms with Crippen LogP contribution in [0.2, 0.25) is 0 Å². The first kappa shape index (κ1) is 23.1. The van der Waals surface area contributed by atoms with E-state index in [9.17, 15) is 9.59 Å². The highest BCUT2D eigenvalue weighted by molar-refractivity contribution is 5.92. The maximum atomic E-state index is 13.4. The van der Waals surface area contributed by atoms with E-state index in [2.05, 4.69) is 5.32 Å². The average Bonchev–Trinajstić information content (AvgIpc) is 3.18. The molecule has 1 heterocycles. The number of hydrogen-bond donors (Lipinski definition) is 1. The Morgan fingerprint density at radius 1 is 0.875 bits per heavy atom. The summed E-state index contributed by atoms with van der Waals surface area (Å²) >= 11 is 0. The highest BCUT2D eigenvalue weighted by atomic mass is 16.3. The molecule has 3 aromatic rings. The van der Waals surface area contributed by atoms with Gasteiger partial charge in [0.25, 0.3) is 0 Å². The standard InChI is InChI=1S/C26H31N3O3/c1-20(2)16-29(26(31)27-23-12-8-5-9-13-23)19-25(30)28(17-22-10-6-4-7-11-22)18-24-15-14-21(3)32-24/h4-15,20H,16-19H2,1-3H3,(H,27,31). The van der Waals surface area contributed by atoms with E-state index in [4.69, 9.17) is 4.42 Å². The Morgan fingerprint density at radius 2 is 1.53 bits per heavy atom. The lowest BCUT2D eigenvalue weighted by Gasteiger charge is -2.28. The number of anilines is 1. The molecule has 6 nitrogen and oxygen atoms in total. The minimum Gasteiger partial charge on any atom is -0.464 e. The smallest absolute Gasteiger partial charge is 0.322 e. The van der Waals surface area contributed by atoms with Gasteiger partial charge in [0.1, 0.15) is 18.1 Å². The van der Waals surface area contributed by atoms with Crippen LogP contribution >= 0.6 is 0 Å². The highest BCUT2D eigenvalue weighted by Gasteiger charge is 2.23. The van der Waals surface area contributed by atoms with E-state index in [0.29, 0.717) is 25.3 Å². The Hall–Kier alpha value is -3.54. The third-order valence-electron chi connectivity index (χ3n) is 4.94. The van der Waals surface area contributed by atoms with Gasteiger partial charge in [-0.05, 0) is 42.7 Å². The molecule has 6 heteroatoms. The SMILES string of the molecule is Cc1ccc(CN(Cc2ccccc2)C(=O)CN(CC(C)C)C(=O)Nc2ccccc2)o1. The normalized spacial score (nSPS) is 10.8. The van der Waals surface area contributed by atoms with Crippen molar-refractivity contribution in [2.45, 2.75) is 33.9 Å². The van der Waals surface area contributed by atoms with Gasteiger partial charge in [0, 0.05) is 18.8 Å². The average molecular weight is 434 g/mol. The number of carbonyl (C=O) groups is 2. The molecule has 0 saturated carbocycles. The maximum absolute atomic E-state index is 13.4. The van der Waals surface area contributed by atoms with Crippen molar-refractivity contribution in [1.29, 1.82) is 0 Å². The molecule has 0 bridgehead atoms. The molecule has 0 atom stereocenters. The van der Waals surface area contributed by atoms with Crippen LogP contribution in [0, 0.1) is 12.8 Å². The summed E-state index contributed by atoms with van der Waals surface area (Å²) in [6, 6.07) is 22.6. The largest absolute Gasteiger partial charge is 0.464 e.